The van der Waals surface area contributed by atoms with Gasteiger partial charge in [-0.05, 0) is 41.8 Å². The largest absolute Gasteiger partial charge is 0.453 e. The maximum Gasteiger partial charge on any atom is 0.244 e. The van der Waals surface area contributed by atoms with E-state index in [1.54, 1.807) is 30.5 Å². The maximum atomic E-state index is 14.3. The van der Waals surface area contributed by atoms with Crippen LogP contribution in [0.15, 0.2) is 48.8 Å². The number of hydrogen-bond donors (Lipinski definition) is 1. The van der Waals surface area contributed by atoms with E-state index in [1.807, 2.05) is 0 Å². The number of hydrogen-bond acceptors (Lipinski definition) is 5. The zero-order valence-corrected chi connectivity index (χ0v) is 17.4. The van der Waals surface area contributed by atoms with E-state index in [4.69, 9.17) is 9.47 Å². The minimum Gasteiger partial charge on any atom is -0.453 e. The number of nitrogens with one attached hydrogen (secondary N) is 1. The van der Waals surface area contributed by atoms with Crippen LogP contribution in [0.5, 0.6) is 11.5 Å². The molecular weight excluding hydrogens is 385 g/mol. The van der Waals surface area contributed by atoms with Crippen LogP contribution >= 0.6 is 0 Å². The SMILES string of the molecule is CC(C)C(CNC(=O)/C=C/c1ccc(Oc2cccnc2)c(F)c1)N1CCOCC1. The van der Waals surface area contributed by atoms with Gasteiger partial charge in [-0.3, -0.25) is 14.7 Å². The second-order valence-corrected chi connectivity index (χ2v) is 7.52. The number of amides is 1. The molecule has 3 rings (SSSR count). The summed E-state index contributed by atoms with van der Waals surface area (Å²) < 4.78 is 25.2. The molecule has 0 saturated carbocycles. The third kappa shape index (κ3) is 6.37. The van der Waals surface area contributed by atoms with Crippen LogP contribution in [0.1, 0.15) is 19.4 Å². The minimum atomic E-state index is -0.506. The van der Waals surface area contributed by atoms with E-state index in [0.29, 0.717) is 23.8 Å². The summed E-state index contributed by atoms with van der Waals surface area (Å²) in [5.74, 6) is 0.265. The van der Waals surface area contributed by atoms with Crippen molar-refractivity contribution in [1.29, 1.82) is 0 Å². The van der Waals surface area contributed by atoms with Gasteiger partial charge in [-0.15, -0.1) is 0 Å². The Labute approximate surface area is 176 Å². The first-order chi connectivity index (χ1) is 14.5. The van der Waals surface area contributed by atoms with E-state index in [9.17, 15) is 9.18 Å². The lowest BCUT2D eigenvalue weighted by Gasteiger charge is -2.36. The number of benzene rings is 1. The van der Waals surface area contributed by atoms with Gasteiger partial charge in [-0.25, -0.2) is 4.39 Å². The Hall–Kier alpha value is -2.77. The summed E-state index contributed by atoms with van der Waals surface area (Å²) in [6, 6.07) is 8.24. The minimum absolute atomic E-state index is 0.106. The summed E-state index contributed by atoms with van der Waals surface area (Å²) in [6.07, 6.45) is 6.14. The summed E-state index contributed by atoms with van der Waals surface area (Å²) in [7, 11) is 0. The number of ether oxygens (including phenoxy) is 2. The summed E-state index contributed by atoms with van der Waals surface area (Å²) in [5, 5.41) is 2.96. The van der Waals surface area contributed by atoms with Crippen molar-refractivity contribution in [2.24, 2.45) is 5.92 Å². The van der Waals surface area contributed by atoms with Crippen molar-refractivity contribution < 1.29 is 18.7 Å². The van der Waals surface area contributed by atoms with Crippen molar-refractivity contribution in [1.82, 2.24) is 15.2 Å². The van der Waals surface area contributed by atoms with Gasteiger partial charge >= 0.3 is 0 Å². The van der Waals surface area contributed by atoms with Crippen LogP contribution in [-0.2, 0) is 9.53 Å². The number of rotatable bonds is 8. The number of halogens is 1. The van der Waals surface area contributed by atoms with Crippen LogP contribution in [-0.4, -0.2) is 54.7 Å². The van der Waals surface area contributed by atoms with Gasteiger partial charge in [0.1, 0.15) is 5.75 Å². The van der Waals surface area contributed by atoms with E-state index in [-0.39, 0.29) is 17.7 Å². The average molecular weight is 413 g/mol. The highest BCUT2D eigenvalue weighted by atomic mass is 19.1. The van der Waals surface area contributed by atoms with Gasteiger partial charge in [-0.1, -0.05) is 19.9 Å². The molecule has 1 fully saturated rings. The van der Waals surface area contributed by atoms with E-state index in [2.05, 4.69) is 29.0 Å². The maximum absolute atomic E-state index is 14.3. The Morgan fingerprint density at radius 2 is 2.13 bits per heavy atom. The zero-order valence-electron chi connectivity index (χ0n) is 17.4. The fourth-order valence-corrected chi connectivity index (χ4v) is 3.37. The van der Waals surface area contributed by atoms with Crippen molar-refractivity contribution in [3.63, 3.8) is 0 Å². The molecule has 7 heteroatoms. The molecule has 1 amide bonds. The van der Waals surface area contributed by atoms with Crippen LogP contribution in [0, 0.1) is 11.7 Å². The Morgan fingerprint density at radius 1 is 1.33 bits per heavy atom. The molecule has 0 bridgehead atoms. The number of carbonyl (C=O) groups excluding carboxylic acids is 1. The standard InChI is InChI=1S/C23H28FN3O3/c1-17(2)21(27-10-12-29-13-11-27)16-26-23(28)8-6-18-5-7-22(20(24)14-18)30-19-4-3-9-25-15-19/h3-9,14-15,17,21H,10-13,16H2,1-2H3,(H,26,28)/b8-6+. The molecule has 1 aliphatic rings. The first-order valence-corrected chi connectivity index (χ1v) is 10.2. The summed E-state index contributed by atoms with van der Waals surface area (Å²) >= 11 is 0. The first kappa shape index (κ1) is 21.9. The van der Waals surface area contributed by atoms with Crippen molar-refractivity contribution in [3.8, 4) is 11.5 Å². The average Bonchev–Trinajstić information content (AvgIpc) is 2.75. The first-order valence-electron chi connectivity index (χ1n) is 10.2. The molecule has 1 saturated heterocycles. The van der Waals surface area contributed by atoms with E-state index in [1.165, 1.54) is 24.4 Å². The topological polar surface area (TPSA) is 63.7 Å². The molecule has 0 radical (unpaired) electrons. The lowest BCUT2D eigenvalue weighted by Crippen LogP contribution is -2.51. The van der Waals surface area contributed by atoms with Gasteiger partial charge in [0.15, 0.2) is 11.6 Å². The highest BCUT2D eigenvalue weighted by Crippen LogP contribution is 2.24. The molecule has 2 aromatic rings. The van der Waals surface area contributed by atoms with Gasteiger partial charge in [-0.2, -0.15) is 0 Å². The highest BCUT2D eigenvalue weighted by molar-refractivity contribution is 5.91. The van der Waals surface area contributed by atoms with Crippen LogP contribution < -0.4 is 10.1 Å². The Kier molecular flexibility index (Phi) is 7.93. The van der Waals surface area contributed by atoms with Gasteiger partial charge in [0.2, 0.25) is 5.91 Å². The molecule has 0 spiro atoms. The summed E-state index contributed by atoms with van der Waals surface area (Å²) in [6.45, 7) is 8.07. The van der Waals surface area contributed by atoms with Crippen molar-refractivity contribution >= 4 is 12.0 Å². The lowest BCUT2D eigenvalue weighted by molar-refractivity contribution is -0.116. The highest BCUT2D eigenvalue weighted by Gasteiger charge is 2.23. The van der Waals surface area contributed by atoms with Gasteiger partial charge < -0.3 is 14.8 Å². The predicted molar refractivity (Wildman–Crippen MR) is 114 cm³/mol. The van der Waals surface area contributed by atoms with E-state index in [0.717, 1.165) is 26.3 Å². The van der Waals surface area contributed by atoms with Crippen molar-refractivity contribution in [3.05, 3.63) is 60.2 Å². The molecule has 1 unspecified atom stereocenters. The van der Waals surface area contributed by atoms with E-state index < -0.39 is 5.82 Å². The van der Waals surface area contributed by atoms with Crippen LogP contribution in [0.2, 0.25) is 0 Å². The Bertz CT molecular complexity index is 852. The molecule has 1 atom stereocenters. The van der Waals surface area contributed by atoms with Crippen LogP contribution in [0.25, 0.3) is 6.08 Å². The molecule has 1 aromatic carbocycles. The molecule has 2 heterocycles. The summed E-state index contributed by atoms with van der Waals surface area (Å²) in [5.41, 5.74) is 0.578. The third-order valence-corrected chi connectivity index (χ3v) is 5.01. The number of pyridine rings is 1. The molecule has 6 nitrogen and oxygen atoms in total. The quantitative estimate of drug-likeness (QED) is 0.671. The normalized spacial score (nSPS) is 16.0. The molecule has 1 aliphatic heterocycles. The number of morpholine rings is 1. The van der Waals surface area contributed by atoms with E-state index >= 15 is 0 Å². The fraction of sp³-hybridized carbons (Fsp3) is 0.391. The number of nitrogens with zero attached hydrogens (tertiary/aromatic N) is 2. The predicted octanol–water partition coefficient (Wildman–Crippen LogP) is 3.50. The van der Waals surface area contributed by atoms with Gasteiger partial charge in [0, 0.05) is 37.9 Å². The lowest BCUT2D eigenvalue weighted by atomic mass is 10.0. The second kappa shape index (κ2) is 10.8. The third-order valence-electron chi connectivity index (χ3n) is 5.01. The smallest absolute Gasteiger partial charge is 0.244 e. The molecular formula is C23H28FN3O3. The fourth-order valence-electron chi connectivity index (χ4n) is 3.37. The van der Waals surface area contributed by atoms with Crippen molar-refractivity contribution in [2.45, 2.75) is 19.9 Å². The van der Waals surface area contributed by atoms with Crippen LogP contribution in [0.3, 0.4) is 0 Å². The number of aromatic nitrogens is 1. The monoisotopic (exact) mass is 413 g/mol. The van der Waals surface area contributed by atoms with Crippen molar-refractivity contribution in [2.75, 3.05) is 32.8 Å². The van der Waals surface area contributed by atoms with Gasteiger partial charge in [0.05, 0.1) is 19.4 Å². The molecule has 160 valence electrons. The summed E-state index contributed by atoms with van der Waals surface area (Å²) in [4.78, 5) is 18.5. The van der Waals surface area contributed by atoms with Gasteiger partial charge in [0.25, 0.3) is 0 Å². The Morgan fingerprint density at radius 3 is 2.80 bits per heavy atom. The molecule has 1 N–H and O–H groups in total. The second-order valence-electron chi connectivity index (χ2n) is 7.52. The Balaban J connectivity index is 1.54. The number of carbonyl (C=O) groups is 1. The molecule has 30 heavy (non-hydrogen) atoms. The molecule has 1 aromatic heterocycles. The van der Waals surface area contributed by atoms with Crippen LogP contribution in [0.4, 0.5) is 4.39 Å². The zero-order chi connectivity index (χ0) is 21.3. The molecule has 0 aliphatic carbocycles.